The van der Waals surface area contributed by atoms with Gasteiger partial charge in [-0.05, 0) is 30.2 Å². The Morgan fingerprint density at radius 3 is 2.32 bits per heavy atom. The fourth-order valence-electron chi connectivity index (χ4n) is 3.59. The van der Waals surface area contributed by atoms with Gasteiger partial charge in [-0.2, -0.15) is 0 Å². The van der Waals surface area contributed by atoms with E-state index in [1.807, 2.05) is 35.2 Å². The van der Waals surface area contributed by atoms with E-state index in [0.29, 0.717) is 31.2 Å². The molecule has 3 rings (SSSR count). The molecule has 4 nitrogen and oxygen atoms in total. The molecule has 1 fully saturated rings. The van der Waals surface area contributed by atoms with Crippen molar-refractivity contribution in [1.29, 1.82) is 0 Å². The summed E-state index contributed by atoms with van der Waals surface area (Å²) in [6, 6.07) is 13.8. The molecule has 1 aliphatic rings. The average Bonchev–Trinajstić information content (AvgIpc) is 2.73. The lowest BCUT2D eigenvalue weighted by Gasteiger charge is -2.36. The predicted octanol–water partition coefficient (Wildman–Crippen LogP) is 4.35. The van der Waals surface area contributed by atoms with Gasteiger partial charge >= 0.3 is 0 Å². The number of hydrogen-bond acceptors (Lipinski definition) is 2. The Labute approximate surface area is 169 Å². The van der Waals surface area contributed by atoms with Crippen LogP contribution in [0.15, 0.2) is 48.5 Å². The number of carbonyl (C=O) groups excluding carboxylic acids is 2. The summed E-state index contributed by atoms with van der Waals surface area (Å²) < 4.78 is 14.0. The summed E-state index contributed by atoms with van der Waals surface area (Å²) in [7, 11) is 0. The van der Waals surface area contributed by atoms with Gasteiger partial charge in [-0.25, -0.2) is 4.39 Å². The van der Waals surface area contributed by atoms with E-state index in [1.54, 1.807) is 4.90 Å². The molecule has 0 N–H and O–H groups in total. The third kappa shape index (κ3) is 4.53. The largest absolute Gasteiger partial charge is 0.339 e. The van der Waals surface area contributed by atoms with Crippen LogP contribution in [0.4, 0.5) is 4.39 Å². The van der Waals surface area contributed by atoms with Crippen LogP contribution in [0, 0.1) is 5.82 Å². The third-order valence-corrected chi connectivity index (χ3v) is 5.35. The number of carbonyl (C=O) groups is 2. The molecular weight excluding hydrogens is 379 g/mol. The van der Waals surface area contributed by atoms with E-state index in [9.17, 15) is 14.0 Å². The first kappa shape index (κ1) is 20.3. The van der Waals surface area contributed by atoms with Crippen LogP contribution in [-0.2, 0) is 4.79 Å². The maximum absolute atomic E-state index is 14.0. The second-order valence-electron chi connectivity index (χ2n) is 6.99. The van der Waals surface area contributed by atoms with Crippen molar-refractivity contribution in [3.05, 3.63) is 70.5 Å². The number of rotatable bonds is 5. The van der Waals surface area contributed by atoms with Crippen molar-refractivity contribution < 1.29 is 14.0 Å². The molecule has 0 aliphatic carbocycles. The van der Waals surface area contributed by atoms with E-state index >= 15 is 0 Å². The molecule has 1 saturated heterocycles. The quantitative estimate of drug-likeness (QED) is 0.746. The molecule has 1 heterocycles. The molecule has 2 aromatic carbocycles. The SMILES string of the molecule is CCCC(C(=O)N1CCN(C(=O)c2cc(Cl)ccc2F)CC1)c1ccccc1. The Bertz CT molecular complexity index is 836. The lowest BCUT2D eigenvalue weighted by molar-refractivity contribution is -0.134. The molecule has 0 aromatic heterocycles. The summed E-state index contributed by atoms with van der Waals surface area (Å²) >= 11 is 5.90. The van der Waals surface area contributed by atoms with Gasteiger partial charge in [0.2, 0.25) is 5.91 Å². The Morgan fingerprint density at radius 1 is 1.04 bits per heavy atom. The molecule has 28 heavy (non-hydrogen) atoms. The highest BCUT2D eigenvalue weighted by atomic mass is 35.5. The van der Waals surface area contributed by atoms with Crippen LogP contribution in [0.3, 0.4) is 0 Å². The van der Waals surface area contributed by atoms with Crippen molar-refractivity contribution in [2.75, 3.05) is 26.2 Å². The minimum atomic E-state index is -0.583. The van der Waals surface area contributed by atoms with Crippen LogP contribution < -0.4 is 0 Å². The van der Waals surface area contributed by atoms with Crippen LogP contribution >= 0.6 is 11.6 Å². The van der Waals surface area contributed by atoms with Crippen LogP contribution in [0.25, 0.3) is 0 Å². The van der Waals surface area contributed by atoms with Gasteiger partial charge in [0.25, 0.3) is 5.91 Å². The second-order valence-corrected chi connectivity index (χ2v) is 7.43. The Kier molecular flexibility index (Phi) is 6.68. The zero-order valence-electron chi connectivity index (χ0n) is 15.9. The van der Waals surface area contributed by atoms with Crippen molar-refractivity contribution in [3.63, 3.8) is 0 Å². The number of piperazine rings is 1. The first-order valence-electron chi connectivity index (χ1n) is 9.59. The van der Waals surface area contributed by atoms with Gasteiger partial charge in [0, 0.05) is 31.2 Å². The first-order chi connectivity index (χ1) is 13.5. The van der Waals surface area contributed by atoms with Gasteiger partial charge in [-0.3, -0.25) is 9.59 Å². The summed E-state index contributed by atoms with van der Waals surface area (Å²) in [5.41, 5.74) is 0.995. The number of benzene rings is 2. The third-order valence-electron chi connectivity index (χ3n) is 5.11. The van der Waals surface area contributed by atoms with Gasteiger partial charge in [0.15, 0.2) is 0 Å². The normalized spacial score (nSPS) is 15.4. The lowest BCUT2D eigenvalue weighted by Crippen LogP contribution is -2.51. The summed E-state index contributed by atoms with van der Waals surface area (Å²) in [6.45, 7) is 3.72. The summed E-state index contributed by atoms with van der Waals surface area (Å²) in [6.07, 6.45) is 1.70. The smallest absolute Gasteiger partial charge is 0.257 e. The average molecular weight is 403 g/mol. The monoisotopic (exact) mass is 402 g/mol. The van der Waals surface area contributed by atoms with Crippen molar-refractivity contribution in [2.24, 2.45) is 0 Å². The topological polar surface area (TPSA) is 40.6 Å². The van der Waals surface area contributed by atoms with Crippen LogP contribution in [-0.4, -0.2) is 47.8 Å². The maximum Gasteiger partial charge on any atom is 0.257 e. The van der Waals surface area contributed by atoms with Crippen LogP contribution in [0.1, 0.15) is 41.6 Å². The Hall–Kier alpha value is -2.40. The maximum atomic E-state index is 14.0. The summed E-state index contributed by atoms with van der Waals surface area (Å²) in [4.78, 5) is 29.1. The van der Waals surface area contributed by atoms with Crippen molar-refractivity contribution in [1.82, 2.24) is 9.80 Å². The van der Waals surface area contributed by atoms with E-state index in [4.69, 9.17) is 11.6 Å². The van der Waals surface area contributed by atoms with Crippen molar-refractivity contribution >= 4 is 23.4 Å². The molecule has 1 atom stereocenters. The van der Waals surface area contributed by atoms with Crippen molar-refractivity contribution in [2.45, 2.75) is 25.7 Å². The first-order valence-corrected chi connectivity index (χ1v) is 9.97. The molecule has 2 amide bonds. The molecule has 0 spiro atoms. The lowest BCUT2D eigenvalue weighted by atomic mass is 9.93. The van der Waals surface area contributed by atoms with E-state index in [2.05, 4.69) is 6.92 Å². The molecule has 1 aliphatic heterocycles. The summed E-state index contributed by atoms with van der Waals surface area (Å²) in [5.74, 6) is -1.05. The van der Waals surface area contributed by atoms with Gasteiger partial charge in [-0.1, -0.05) is 55.3 Å². The molecule has 2 aromatic rings. The van der Waals surface area contributed by atoms with Crippen molar-refractivity contribution in [3.8, 4) is 0 Å². The van der Waals surface area contributed by atoms with Crippen LogP contribution in [0.2, 0.25) is 5.02 Å². The molecule has 0 saturated carbocycles. The fourth-order valence-corrected chi connectivity index (χ4v) is 3.76. The molecule has 1 unspecified atom stereocenters. The Morgan fingerprint density at radius 2 is 1.68 bits per heavy atom. The predicted molar refractivity (Wildman–Crippen MR) is 108 cm³/mol. The van der Waals surface area contributed by atoms with E-state index < -0.39 is 5.82 Å². The van der Waals surface area contributed by atoms with Gasteiger partial charge in [0.1, 0.15) is 5.82 Å². The minimum absolute atomic E-state index is 0.0274. The zero-order chi connectivity index (χ0) is 20.1. The van der Waals surface area contributed by atoms with Gasteiger partial charge < -0.3 is 9.80 Å². The minimum Gasteiger partial charge on any atom is -0.339 e. The molecular formula is C22H24ClFN2O2. The highest BCUT2D eigenvalue weighted by Gasteiger charge is 2.30. The molecule has 0 bridgehead atoms. The van der Waals surface area contributed by atoms with E-state index in [-0.39, 0.29) is 23.3 Å². The van der Waals surface area contributed by atoms with E-state index in [0.717, 1.165) is 18.4 Å². The highest BCUT2D eigenvalue weighted by Crippen LogP contribution is 2.25. The van der Waals surface area contributed by atoms with E-state index in [1.165, 1.54) is 18.2 Å². The number of nitrogens with zero attached hydrogens (tertiary/aromatic N) is 2. The standard InChI is InChI=1S/C22H24ClFN2O2/c1-2-6-18(16-7-4-3-5-8-16)21(27)25-11-13-26(14-12-25)22(28)19-15-17(23)9-10-20(19)24/h3-5,7-10,15,18H,2,6,11-14H2,1H3. The van der Waals surface area contributed by atoms with Gasteiger partial charge in [0.05, 0.1) is 11.5 Å². The number of halogens is 2. The molecule has 6 heteroatoms. The van der Waals surface area contributed by atoms with Crippen LogP contribution in [0.5, 0.6) is 0 Å². The molecule has 0 radical (unpaired) electrons. The Balaban J connectivity index is 1.66. The fraction of sp³-hybridized carbons (Fsp3) is 0.364. The number of hydrogen-bond donors (Lipinski definition) is 0. The zero-order valence-corrected chi connectivity index (χ0v) is 16.7. The second kappa shape index (κ2) is 9.20. The summed E-state index contributed by atoms with van der Waals surface area (Å²) in [5, 5.41) is 0.323. The highest BCUT2D eigenvalue weighted by molar-refractivity contribution is 6.31. The number of amides is 2. The molecule has 148 valence electrons. The van der Waals surface area contributed by atoms with Gasteiger partial charge in [-0.15, -0.1) is 0 Å².